The number of sulfone groups is 1. The van der Waals surface area contributed by atoms with Crippen molar-refractivity contribution in [2.45, 2.75) is 48.8 Å². The van der Waals surface area contributed by atoms with E-state index in [-0.39, 0.29) is 29.2 Å². The van der Waals surface area contributed by atoms with Crippen LogP contribution in [0.4, 0.5) is 18.9 Å². The average Bonchev–Trinajstić information content (AvgIpc) is 3.58. The molecule has 0 aliphatic carbocycles. The van der Waals surface area contributed by atoms with Crippen LogP contribution in [0, 0.1) is 0 Å². The lowest BCUT2D eigenvalue weighted by atomic mass is 9.86. The molecule has 2 N–H and O–H groups in total. The molecule has 232 valence electrons. The molecule has 0 spiro atoms. The summed E-state index contributed by atoms with van der Waals surface area (Å²) in [5.41, 5.74) is 1.81. The van der Waals surface area contributed by atoms with Gasteiger partial charge < -0.3 is 19.7 Å². The van der Waals surface area contributed by atoms with Crippen LogP contribution >= 0.6 is 0 Å². The molecule has 0 radical (unpaired) electrons. The fourth-order valence-electron chi connectivity index (χ4n) is 5.48. The molecule has 1 aliphatic rings. The monoisotopic (exact) mass is 627 g/mol. The molecule has 0 saturated carbocycles. The topological polar surface area (TPSA) is 113 Å². The predicted octanol–water partition coefficient (Wildman–Crippen LogP) is 6.08. The Morgan fingerprint density at radius 1 is 1.05 bits per heavy atom. The highest BCUT2D eigenvalue weighted by atomic mass is 32.2. The summed E-state index contributed by atoms with van der Waals surface area (Å²) in [6.07, 6.45) is 0.0443. The number of carbonyl (C=O) groups is 1. The van der Waals surface area contributed by atoms with Crippen molar-refractivity contribution in [1.82, 2.24) is 10.3 Å². The number of halogens is 3. The van der Waals surface area contributed by atoms with Crippen LogP contribution in [0.5, 0.6) is 0 Å². The minimum absolute atomic E-state index is 0.0320. The Bertz CT molecular complexity index is 1660. The third-order valence-electron chi connectivity index (χ3n) is 8.00. The number of nitrogens with zero attached hydrogens (tertiary/aromatic N) is 2. The summed E-state index contributed by atoms with van der Waals surface area (Å²) >= 11 is 0. The summed E-state index contributed by atoms with van der Waals surface area (Å²) in [6, 6.07) is 17.3. The number of amides is 1. The van der Waals surface area contributed by atoms with E-state index in [0.29, 0.717) is 30.0 Å². The van der Waals surface area contributed by atoms with Crippen molar-refractivity contribution in [3.05, 3.63) is 113 Å². The molecule has 1 aromatic heterocycles. The van der Waals surface area contributed by atoms with Crippen LogP contribution in [-0.4, -0.2) is 43.3 Å². The first-order valence-corrected chi connectivity index (χ1v) is 15.8. The van der Waals surface area contributed by atoms with Crippen molar-refractivity contribution in [2.24, 2.45) is 0 Å². The maximum absolute atomic E-state index is 13.1. The Hall–Kier alpha value is -4.16. The highest BCUT2D eigenvalue weighted by Crippen LogP contribution is 2.41. The molecule has 5 rings (SSSR count). The second-order valence-electron chi connectivity index (χ2n) is 10.7. The van der Waals surface area contributed by atoms with Crippen LogP contribution < -0.4 is 10.2 Å². The van der Waals surface area contributed by atoms with Gasteiger partial charge in [0.25, 0.3) is 5.91 Å². The van der Waals surface area contributed by atoms with Gasteiger partial charge in [-0.1, -0.05) is 31.2 Å². The lowest BCUT2D eigenvalue weighted by Gasteiger charge is -2.40. The van der Waals surface area contributed by atoms with Gasteiger partial charge in [-0.05, 0) is 72.5 Å². The van der Waals surface area contributed by atoms with Crippen LogP contribution in [0.3, 0.4) is 0 Å². The van der Waals surface area contributed by atoms with Gasteiger partial charge in [0.05, 0.1) is 35.1 Å². The number of benzene rings is 3. The number of anilines is 1. The van der Waals surface area contributed by atoms with Crippen LogP contribution in [0.15, 0.2) is 94.6 Å². The minimum atomic E-state index is -4.40. The molecule has 12 heteroatoms. The van der Waals surface area contributed by atoms with E-state index in [1.165, 1.54) is 30.5 Å². The molecule has 1 aliphatic heterocycles. The molecule has 1 fully saturated rings. The molecule has 3 aromatic carbocycles. The van der Waals surface area contributed by atoms with Gasteiger partial charge in [0.15, 0.2) is 9.84 Å². The zero-order valence-corrected chi connectivity index (χ0v) is 24.7. The minimum Gasteiger partial charge on any atom is -0.447 e. The van der Waals surface area contributed by atoms with Gasteiger partial charge in [-0.15, -0.1) is 0 Å². The molecule has 1 unspecified atom stereocenters. The predicted molar refractivity (Wildman–Crippen MR) is 158 cm³/mol. The lowest BCUT2D eigenvalue weighted by Crippen LogP contribution is -2.37. The Labute approximate surface area is 253 Å². The molecule has 2 heterocycles. The Kier molecular flexibility index (Phi) is 9.12. The van der Waals surface area contributed by atoms with E-state index in [1.807, 2.05) is 0 Å². The first-order valence-electron chi connectivity index (χ1n) is 14.2. The standard InChI is InChI=1S/C32H32F3N3O5S/c1-2-44(41,42)27-14-7-22(8-15-27)28(20-39)37-30(40)23-5-12-26(13-6-23)38-19-24(9-16-29(38)31-36-17-18-43-31)21-3-10-25(11-4-21)32(33,34)35/h3-8,10-15,17-18,24,28-29,39H,2,9,16,19-20H2,1H3,(H,37,40)/t24?,28-,29-/m0/s1. The van der Waals surface area contributed by atoms with Gasteiger partial charge in [0.1, 0.15) is 12.3 Å². The summed E-state index contributed by atoms with van der Waals surface area (Å²) in [7, 11) is -3.38. The van der Waals surface area contributed by atoms with Gasteiger partial charge >= 0.3 is 6.18 Å². The molecule has 44 heavy (non-hydrogen) atoms. The maximum atomic E-state index is 13.1. The Morgan fingerprint density at radius 3 is 2.30 bits per heavy atom. The molecule has 4 aromatic rings. The Morgan fingerprint density at radius 2 is 1.73 bits per heavy atom. The number of aromatic nitrogens is 1. The van der Waals surface area contributed by atoms with Crippen molar-refractivity contribution in [3.8, 4) is 0 Å². The zero-order valence-electron chi connectivity index (χ0n) is 23.9. The van der Waals surface area contributed by atoms with Crippen LogP contribution in [0.1, 0.15) is 70.7 Å². The summed E-state index contributed by atoms with van der Waals surface area (Å²) in [5, 5.41) is 12.7. The number of hydrogen-bond acceptors (Lipinski definition) is 7. The van der Waals surface area contributed by atoms with Crippen molar-refractivity contribution in [1.29, 1.82) is 0 Å². The SMILES string of the molecule is CCS(=O)(=O)c1ccc([C@H](CO)NC(=O)c2ccc(N3CC(c4ccc(C(F)(F)F)cc4)CC[C@H]3c3ncco3)cc2)cc1. The average molecular weight is 628 g/mol. The number of rotatable bonds is 9. The first kappa shape index (κ1) is 31.3. The van der Waals surface area contributed by atoms with E-state index in [2.05, 4.69) is 15.2 Å². The van der Waals surface area contributed by atoms with Gasteiger partial charge in [-0.3, -0.25) is 4.79 Å². The molecule has 8 nitrogen and oxygen atoms in total. The van der Waals surface area contributed by atoms with Gasteiger partial charge in [-0.25, -0.2) is 13.4 Å². The van der Waals surface area contributed by atoms with Crippen molar-refractivity contribution in [2.75, 3.05) is 23.8 Å². The van der Waals surface area contributed by atoms with Crippen LogP contribution in [-0.2, 0) is 16.0 Å². The quantitative estimate of drug-likeness (QED) is 0.232. The third-order valence-corrected chi connectivity index (χ3v) is 9.75. The summed E-state index contributed by atoms with van der Waals surface area (Å²) in [5.74, 6) is 0.0390. The second-order valence-corrected chi connectivity index (χ2v) is 12.9. The Balaban J connectivity index is 1.33. The zero-order chi connectivity index (χ0) is 31.5. The number of oxazole rings is 1. The molecule has 1 amide bonds. The van der Waals surface area contributed by atoms with E-state index < -0.39 is 33.5 Å². The highest BCUT2D eigenvalue weighted by molar-refractivity contribution is 7.91. The van der Waals surface area contributed by atoms with Crippen molar-refractivity contribution in [3.63, 3.8) is 0 Å². The smallest absolute Gasteiger partial charge is 0.416 e. The molecule has 1 saturated heterocycles. The van der Waals surface area contributed by atoms with Gasteiger partial charge in [0, 0.05) is 23.7 Å². The highest BCUT2D eigenvalue weighted by Gasteiger charge is 2.34. The largest absolute Gasteiger partial charge is 0.447 e. The van der Waals surface area contributed by atoms with Gasteiger partial charge in [-0.2, -0.15) is 13.2 Å². The van der Waals surface area contributed by atoms with Gasteiger partial charge in [0.2, 0.25) is 5.89 Å². The first-order chi connectivity index (χ1) is 21.0. The van der Waals surface area contributed by atoms with E-state index in [4.69, 9.17) is 4.42 Å². The molecule has 0 bridgehead atoms. The molecular weight excluding hydrogens is 595 g/mol. The number of aliphatic hydroxyl groups excluding tert-OH is 1. The normalized spacial score (nSPS) is 18.2. The summed E-state index contributed by atoms with van der Waals surface area (Å²) in [4.78, 5) is 19.7. The van der Waals surface area contributed by atoms with Crippen LogP contribution in [0.2, 0.25) is 0 Å². The second kappa shape index (κ2) is 12.8. The molecular formula is C32H32F3N3O5S. The number of alkyl halides is 3. The maximum Gasteiger partial charge on any atom is 0.416 e. The fourth-order valence-corrected chi connectivity index (χ4v) is 6.37. The molecule has 3 atom stereocenters. The van der Waals surface area contributed by atoms with E-state index >= 15 is 0 Å². The number of nitrogens with one attached hydrogen (secondary N) is 1. The number of piperidine rings is 1. The van der Waals surface area contributed by atoms with E-state index in [0.717, 1.165) is 29.8 Å². The van der Waals surface area contributed by atoms with Crippen molar-refractivity contribution < 1.29 is 35.9 Å². The van der Waals surface area contributed by atoms with Crippen LogP contribution in [0.25, 0.3) is 0 Å². The third kappa shape index (κ3) is 6.81. The fraction of sp³-hybridized carbons (Fsp3) is 0.312. The number of hydrogen-bond donors (Lipinski definition) is 2. The van der Waals surface area contributed by atoms with E-state index in [1.54, 1.807) is 49.5 Å². The summed E-state index contributed by atoms with van der Waals surface area (Å²) in [6.45, 7) is 1.67. The van der Waals surface area contributed by atoms with Crippen molar-refractivity contribution >= 4 is 21.4 Å². The lowest BCUT2D eigenvalue weighted by molar-refractivity contribution is -0.137. The van der Waals surface area contributed by atoms with E-state index in [9.17, 15) is 31.5 Å². The summed E-state index contributed by atoms with van der Waals surface area (Å²) < 4.78 is 69.1. The number of aliphatic hydroxyl groups is 1. The number of carbonyl (C=O) groups excluding carboxylic acids is 1.